The molecule has 7 heteroatoms. The Hall–Kier alpha value is -2.44. The Bertz CT molecular complexity index is 596. The lowest BCUT2D eigenvalue weighted by atomic mass is 10.3. The molecule has 1 saturated heterocycles. The van der Waals surface area contributed by atoms with Crippen molar-refractivity contribution in [3.63, 3.8) is 0 Å². The molecule has 0 spiro atoms. The summed E-state index contributed by atoms with van der Waals surface area (Å²) in [5, 5.41) is 3.35. The number of aromatic nitrogens is 4. The number of nitrogens with zero attached hydrogens (tertiary/aromatic N) is 6. The van der Waals surface area contributed by atoms with Gasteiger partial charge in [-0.05, 0) is 18.6 Å². The summed E-state index contributed by atoms with van der Waals surface area (Å²) in [6, 6.07) is 3.76. The molecule has 1 fully saturated rings. The minimum atomic E-state index is 0.792. The quantitative estimate of drug-likeness (QED) is 0.815. The third-order valence-electron chi connectivity index (χ3n) is 3.88. The summed E-state index contributed by atoms with van der Waals surface area (Å²) < 4.78 is 0. The highest BCUT2D eigenvalue weighted by Gasteiger charge is 2.20. The zero-order chi connectivity index (χ0) is 15.9. The van der Waals surface area contributed by atoms with Crippen molar-refractivity contribution in [3.05, 3.63) is 30.7 Å². The number of hydrogen-bond donors (Lipinski definition) is 1. The zero-order valence-electron chi connectivity index (χ0n) is 13.5. The molecular formula is C16H23N7. The summed E-state index contributed by atoms with van der Waals surface area (Å²) in [5.74, 6) is 2.49. The number of nitrogens with one attached hydrogen (secondary N) is 1. The van der Waals surface area contributed by atoms with Crippen LogP contribution < -0.4 is 15.1 Å². The van der Waals surface area contributed by atoms with Gasteiger partial charge in [0.15, 0.2) is 0 Å². The van der Waals surface area contributed by atoms with Gasteiger partial charge in [-0.15, -0.1) is 0 Å². The fraction of sp³-hybridized carbons (Fsp3) is 0.500. The topological polar surface area (TPSA) is 70.1 Å². The fourth-order valence-electron chi connectivity index (χ4n) is 2.55. The first-order chi connectivity index (χ1) is 11.4. The molecule has 0 unspecified atom stereocenters. The molecule has 3 heterocycles. The molecular weight excluding hydrogens is 290 g/mol. The van der Waals surface area contributed by atoms with E-state index in [1.54, 1.807) is 12.4 Å². The lowest BCUT2D eigenvalue weighted by Crippen LogP contribution is -2.47. The van der Waals surface area contributed by atoms with Gasteiger partial charge < -0.3 is 15.1 Å². The maximum absolute atomic E-state index is 4.62. The average molecular weight is 313 g/mol. The molecule has 1 aliphatic rings. The second-order valence-electron chi connectivity index (χ2n) is 5.55. The van der Waals surface area contributed by atoms with Gasteiger partial charge in [0.2, 0.25) is 11.9 Å². The van der Waals surface area contributed by atoms with Gasteiger partial charge in [0.25, 0.3) is 0 Å². The molecule has 0 bridgehead atoms. The number of piperazine rings is 1. The van der Waals surface area contributed by atoms with Crippen LogP contribution in [-0.4, -0.2) is 52.7 Å². The zero-order valence-corrected chi connectivity index (χ0v) is 13.5. The van der Waals surface area contributed by atoms with Gasteiger partial charge in [0, 0.05) is 51.3 Å². The summed E-state index contributed by atoms with van der Waals surface area (Å²) in [6.07, 6.45) is 7.71. The van der Waals surface area contributed by atoms with Crippen molar-refractivity contribution in [1.82, 2.24) is 19.9 Å². The minimum absolute atomic E-state index is 0.792. The molecule has 1 aliphatic heterocycles. The molecule has 23 heavy (non-hydrogen) atoms. The van der Waals surface area contributed by atoms with Crippen LogP contribution in [0.4, 0.5) is 17.7 Å². The highest BCUT2D eigenvalue weighted by molar-refractivity contribution is 5.43. The maximum atomic E-state index is 4.62. The molecule has 0 atom stereocenters. The third kappa shape index (κ3) is 4.06. The Labute approximate surface area is 136 Å². The summed E-state index contributed by atoms with van der Waals surface area (Å²) in [6.45, 7) is 6.63. The Balaban J connectivity index is 1.58. The van der Waals surface area contributed by atoms with Crippen LogP contribution in [0.3, 0.4) is 0 Å². The first kappa shape index (κ1) is 15.5. The summed E-state index contributed by atoms with van der Waals surface area (Å²) in [4.78, 5) is 22.1. The number of rotatable bonds is 6. The second kappa shape index (κ2) is 7.71. The minimum Gasteiger partial charge on any atom is -0.370 e. The fourth-order valence-corrected chi connectivity index (χ4v) is 2.55. The Morgan fingerprint density at radius 2 is 1.61 bits per heavy atom. The molecule has 0 aromatic carbocycles. The Morgan fingerprint density at radius 1 is 0.957 bits per heavy atom. The third-order valence-corrected chi connectivity index (χ3v) is 3.88. The smallest absolute Gasteiger partial charge is 0.227 e. The highest BCUT2D eigenvalue weighted by atomic mass is 15.4. The molecule has 122 valence electrons. The predicted octanol–water partition coefficient (Wildman–Crippen LogP) is 1.81. The standard InChI is InChI=1S/C16H23N7/c1-2-3-6-17-14-5-9-20-16(21-14)23-12-10-22(11-13-23)15-18-7-4-8-19-15/h4-5,7-9H,2-3,6,10-13H2,1H3,(H,17,20,21). The Kier molecular flexibility index (Phi) is 5.18. The molecule has 0 amide bonds. The number of hydrogen-bond acceptors (Lipinski definition) is 7. The van der Waals surface area contributed by atoms with E-state index in [2.05, 4.69) is 42.0 Å². The van der Waals surface area contributed by atoms with E-state index in [0.717, 1.165) is 56.9 Å². The lowest BCUT2D eigenvalue weighted by Gasteiger charge is -2.34. The van der Waals surface area contributed by atoms with Gasteiger partial charge in [0.1, 0.15) is 5.82 Å². The van der Waals surface area contributed by atoms with Crippen LogP contribution in [0.5, 0.6) is 0 Å². The second-order valence-corrected chi connectivity index (χ2v) is 5.55. The van der Waals surface area contributed by atoms with Crippen LogP contribution in [0.15, 0.2) is 30.7 Å². The van der Waals surface area contributed by atoms with E-state index in [1.807, 2.05) is 18.3 Å². The van der Waals surface area contributed by atoms with Crippen molar-refractivity contribution in [3.8, 4) is 0 Å². The van der Waals surface area contributed by atoms with E-state index in [1.165, 1.54) is 6.42 Å². The van der Waals surface area contributed by atoms with E-state index in [-0.39, 0.29) is 0 Å². The maximum Gasteiger partial charge on any atom is 0.227 e. The summed E-state index contributed by atoms with van der Waals surface area (Å²) in [5.41, 5.74) is 0. The van der Waals surface area contributed by atoms with Crippen molar-refractivity contribution >= 4 is 17.7 Å². The number of unbranched alkanes of at least 4 members (excludes halogenated alkanes) is 1. The van der Waals surface area contributed by atoms with Gasteiger partial charge >= 0.3 is 0 Å². The van der Waals surface area contributed by atoms with Crippen molar-refractivity contribution in [2.24, 2.45) is 0 Å². The number of anilines is 3. The molecule has 2 aromatic rings. The van der Waals surface area contributed by atoms with E-state index >= 15 is 0 Å². The average Bonchev–Trinajstić information content (AvgIpc) is 2.63. The first-order valence-electron chi connectivity index (χ1n) is 8.20. The van der Waals surface area contributed by atoms with Crippen molar-refractivity contribution in [2.45, 2.75) is 19.8 Å². The van der Waals surface area contributed by atoms with Gasteiger partial charge in [-0.2, -0.15) is 4.98 Å². The van der Waals surface area contributed by atoms with Gasteiger partial charge in [0.05, 0.1) is 0 Å². The molecule has 2 aromatic heterocycles. The first-order valence-corrected chi connectivity index (χ1v) is 8.20. The molecule has 0 saturated carbocycles. The summed E-state index contributed by atoms with van der Waals surface area (Å²) in [7, 11) is 0. The van der Waals surface area contributed by atoms with Crippen LogP contribution in [0, 0.1) is 0 Å². The monoisotopic (exact) mass is 313 g/mol. The van der Waals surface area contributed by atoms with E-state index in [4.69, 9.17) is 0 Å². The predicted molar refractivity (Wildman–Crippen MR) is 91.9 cm³/mol. The van der Waals surface area contributed by atoms with Crippen LogP contribution in [0.25, 0.3) is 0 Å². The van der Waals surface area contributed by atoms with Crippen LogP contribution in [0.1, 0.15) is 19.8 Å². The largest absolute Gasteiger partial charge is 0.370 e. The van der Waals surface area contributed by atoms with E-state index < -0.39 is 0 Å². The molecule has 0 aliphatic carbocycles. The van der Waals surface area contributed by atoms with E-state index in [9.17, 15) is 0 Å². The van der Waals surface area contributed by atoms with Crippen LogP contribution in [-0.2, 0) is 0 Å². The molecule has 7 nitrogen and oxygen atoms in total. The molecule has 3 rings (SSSR count). The van der Waals surface area contributed by atoms with Gasteiger partial charge in [-0.3, -0.25) is 0 Å². The van der Waals surface area contributed by atoms with Crippen LogP contribution >= 0.6 is 0 Å². The SMILES string of the molecule is CCCCNc1ccnc(N2CCN(c3ncccn3)CC2)n1. The van der Waals surface area contributed by atoms with Crippen molar-refractivity contribution in [1.29, 1.82) is 0 Å². The normalized spacial score (nSPS) is 14.8. The highest BCUT2D eigenvalue weighted by Crippen LogP contribution is 2.15. The molecule has 0 radical (unpaired) electrons. The molecule has 1 N–H and O–H groups in total. The van der Waals surface area contributed by atoms with E-state index in [0.29, 0.717) is 0 Å². The van der Waals surface area contributed by atoms with Crippen LogP contribution in [0.2, 0.25) is 0 Å². The Morgan fingerprint density at radius 3 is 2.30 bits per heavy atom. The lowest BCUT2D eigenvalue weighted by molar-refractivity contribution is 0.628. The summed E-state index contributed by atoms with van der Waals surface area (Å²) >= 11 is 0. The van der Waals surface area contributed by atoms with Crippen molar-refractivity contribution < 1.29 is 0 Å². The van der Waals surface area contributed by atoms with Crippen molar-refractivity contribution in [2.75, 3.05) is 47.8 Å². The van der Waals surface area contributed by atoms with Gasteiger partial charge in [-0.25, -0.2) is 15.0 Å². The van der Waals surface area contributed by atoms with Gasteiger partial charge in [-0.1, -0.05) is 13.3 Å².